The summed E-state index contributed by atoms with van der Waals surface area (Å²) in [5.41, 5.74) is -0.318. The van der Waals surface area contributed by atoms with Crippen molar-refractivity contribution < 1.29 is 19.4 Å². The Morgan fingerprint density at radius 2 is 1.81 bits per heavy atom. The molecule has 0 saturated carbocycles. The maximum Gasteiger partial charge on any atom is 0.320 e. The SMILES string of the molecule is CC(C)(C)OC=O.CNC(C(=O)O)C(C)C. The Balaban J connectivity index is 0. The van der Waals surface area contributed by atoms with Gasteiger partial charge in [0.2, 0.25) is 0 Å². The predicted octanol–water partition coefficient (Wildman–Crippen LogP) is 1.27. The summed E-state index contributed by atoms with van der Waals surface area (Å²) in [5, 5.41) is 11.2. The summed E-state index contributed by atoms with van der Waals surface area (Å²) >= 11 is 0. The first-order chi connectivity index (χ1) is 7.15. The molecule has 2 N–H and O–H groups in total. The smallest absolute Gasteiger partial charge is 0.320 e. The van der Waals surface area contributed by atoms with E-state index >= 15 is 0 Å². The van der Waals surface area contributed by atoms with E-state index < -0.39 is 12.0 Å². The second-order valence-electron chi connectivity index (χ2n) is 4.68. The number of rotatable bonds is 4. The van der Waals surface area contributed by atoms with Crippen LogP contribution in [0.1, 0.15) is 34.6 Å². The Morgan fingerprint density at radius 3 is 1.81 bits per heavy atom. The minimum Gasteiger partial charge on any atom is -0.480 e. The molecule has 0 rings (SSSR count). The van der Waals surface area contributed by atoms with Crippen molar-refractivity contribution in [2.45, 2.75) is 46.3 Å². The van der Waals surface area contributed by atoms with Gasteiger partial charge in [0.25, 0.3) is 6.47 Å². The van der Waals surface area contributed by atoms with Crippen molar-refractivity contribution in [2.75, 3.05) is 7.05 Å². The Bertz CT molecular complexity index is 209. The third-order valence-electron chi connectivity index (χ3n) is 1.65. The van der Waals surface area contributed by atoms with Crippen LogP contribution in [0.3, 0.4) is 0 Å². The van der Waals surface area contributed by atoms with Gasteiger partial charge in [0.05, 0.1) is 0 Å². The molecule has 0 aromatic heterocycles. The summed E-state index contributed by atoms with van der Waals surface area (Å²) in [7, 11) is 1.65. The van der Waals surface area contributed by atoms with Crippen LogP contribution in [0.2, 0.25) is 0 Å². The van der Waals surface area contributed by atoms with Gasteiger partial charge < -0.3 is 15.2 Å². The average molecular weight is 233 g/mol. The van der Waals surface area contributed by atoms with Gasteiger partial charge in [-0.3, -0.25) is 9.59 Å². The standard InChI is InChI=1S/C6H13NO2.C5H10O2/c1-4(2)5(7-3)6(8)9;1-5(2,3)7-4-6/h4-5,7H,1-3H3,(H,8,9);4H,1-3H3. The maximum atomic E-state index is 10.3. The molecule has 0 spiro atoms. The molecule has 5 heteroatoms. The number of carboxylic acids is 1. The number of ether oxygens (including phenoxy) is 1. The van der Waals surface area contributed by atoms with Crippen LogP contribution in [-0.4, -0.2) is 36.2 Å². The van der Waals surface area contributed by atoms with E-state index in [9.17, 15) is 9.59 Å². The minimum atomic E-state index is -0.785. The maximum absolute atomic E-state index is 10.3. The van der Waals surface area contributed by atoms with Crippen LogP contribution in [0.15, 0.2) is 0 Å². The normalized spacial score (nSPS) is 12.4. The van der Waals surface area contributed by atoms with Crippen molar-refractivity contribution in [1.82, 2.24) is 5.32 Å². The summed E-state index contributed by atoms with van der Waals surface area (Å²) in [6.07, 6.45) is 0. The van der Waals surface area contributed by atoms with E-state index in [-0.39, 0.29) is 11.5 Å². The highest BCUT2D eigenvalue weighted by atomic mass is 16.5. The van der Waals surface area contributed by atoms with Crippen LogP contribution in [0.25, 0.3) is 0 Å². The Labute approximate surface area is 97.2 Å². The van der Waals surface area contributed by atoms with Crippen LogP contribution in [0.4, 0.5) is 0 Å². The number of nitrogens with one attached hydrogen (secondary N) is 1. The molecule has 5 nitrogen and oxygen atoms in total. The lowest BCUT2D eigenvalue weighted by atomic mass is 10.1. The van der Waals surface area contributed by atoms with E-state index in [1.54, 1.807) is 7.05 Å². The fraction of sp³-hybridized carbons (Fsp3) is 0.818. The molecule has 0 aliphatic rings. The first-order valence-electron chi connectivity index (χ1n) is 5.17. The van der Waals surface area contributed by atoms with E-state index in [0.29, 0.717) is 6.47 Å². The third kappa shape index (κ3) is 11.0. The van der Waals surface area contributed by atoms with Crippen molar-refractivity contribution in [3.05, 3.63) is 0 Å². The summed E-state index contributed by atoms with van der Waals surface area (Å²) < 4.78 is 4.55. The zero-order valence-electron chi connectivity index (χ0n) is 10.9. The monoisotopic (exact) mass is 233 g/mol. The van der Waals surface area contributed by atoms with Gasteiger partial charge in [0.1, 0.15) is 11.6 Å². The molecule has 0 bridgehead atoms. The lowest BCUT2D eigenvalue weighted by Gasteiger charge is -2.14. The van der Waals surface area contributed by atoms with Crippen LogP contribution >= 0.6 is 0 Å². The van der Waals surface area contributed by atoms with Gasteiger partial charge in [-0.25, -0.2) is 0 Å². The first-order valence-corrected chi connectivity index (χ1v) is 5.17. The van der Waals surface area contributed by atoms with Gasteiger partial charge in [0, 0.05) is 0 Å². The second-order valence-corrected chi connectivity index (χ2v) is 4.68. The zero-order chi connectivity index (χ0) is 13.4. The highest BCUT2D eigenvalue weighted by Crippen LogP contribution is 2.02. The fourth-order valence-electron chi connectivity index (χ4n) is 0.886. The number of carbonyl (C=O) groups excluding carboxylic acids is 1. The van der Waals surface area contributed by atoms with Crippen molar-refractivity contribution in [3.63, 3.8) is 0 Å². The summed E-state index contributed by atoms with van der Waals surface area (Å²) in [6, 6.07) is -0.412. The van der Waals surface area contributed by atoms with Gasteiger partial charge in [-0.1, -0.05) is 13.8 Å². The van der Waals surface area contributed by atoms with Gasteiger partial charge in [-0.05, 0) is 33.7 Å². The van der Waals surface area contributed by atoms with Gasteiger partial charge in [-0.2, -0.15) is 0 Å². The van der Waals surface area contributed by atoms with Crippen LogP contribution in [0, 0.1) is 5.92 Å². The van der Waals surface area contributed by atoms with Crippen molar-refractivity contribution >= 4 is 12.4 Å². The third-order valence-corrected chi connectivity index (χ3v) is 1.65. The van der Waals surface area contributed by atoms with Gasteiger partial charge >= 0.3 is 5.97 Å². The molecular formula is C11H23NO4. The Kier molecular flexibility index (Phi) is 8.76. The average Bonchev–Trinajstić information content (AvgIpc) is 2.01. The predicted molar refractivity (Wildman–Crippen MR) is 62.2 cm³/mol. The molecule has 0 aliphatic heterocycles. The minimum absolute atomic E-state index is 0.146. The molecule has 0 aliphatic carbocycles. The highest BCUT2D eigenvalue weighted by Gasteiger charge is 2.17. The summed E-state index contributed by atoms with van der Waals surface area (Å²) in [6.45, 7) is 9.66. The molecule has 0 amide bonds. The van der Waals surface area contributed by atoms with Gasteiger partial charge in [0.15, 0.2) is 0 Å². The first kappa shape index (κ1) is 17.3. The number of hydrogen-bond acceptors (Lipinski definition) is 4. The van der Waals surface area contributed by atoms with Crippen molar-refractivity contribution in [1.29, 1.82) is 0 Å². The van der Waals surface area contributed by atoms with Gasteiger partial charge in [-0.15, -0.1) is 0 Å². The molecule has 16 heavy (non-hydrogen) atoms. The lowest BCUT2D eigenvalue weighted by molar-refractivity contribution is -0.140. The quantitative estimate of drug-likeness (QED) is 0.715. The van der Waals surface area contributed by atoms with E-state index in [2.05, 4.69) is 10.1 Å². The zero-order valence-corrected chi connectivity index (χ0v) is 10.9. The molecule has 0 saturated heterocycles. The number of likely N-dealkylation sites (N-methyl/N-ethyl adjacent to an activating group) is 1. The molecular weight excluding hydrogens is 210 g/mol. The molecule has 0 aromatic rings. The topological polar surface area (TPSA) is 75.6 Å². The van der Waals surface area contributed by atoms with Crippen LogP contribution in [0.5, 0.6) is 0 Å². The lowest BCUT2D eigenvalue weighted by Crippen LogP contribution is -2.38. The largest absolute Gasteiger partial charge is 0.480 e. The van der Waals surface area contributed by atoms with E-state index in [1.807, 2.05) is 34.6 Å². The second kappa shape index (κ2) is 8.10. The van der Waals surface area contributed by atoms with E-state index in [4.69, 9.17) is 5.11 Å². The Morgan fingerprint density at radius 1 is 1.38 bits per heavy atom. The molecule has 1 atom stereocenters. The summed E-state index contributed by atoms with van der Waals surface area (Å²) in [5.74, 6) is -0.639. The number of hydrogen-bond donors (Lipinski definition) is 2. The highest BCUT2D eigenvalue weighted by molar-refractivity contribution is 5.73. The molecule has 96 valence electrons. The van der Waals surface area contributed by atoms with E-state index in [1.165, 1.54) is 0 Å². The number of carbonyl (C=O) groups is 2. The number of carboxylic acid groups (broad SMARTS) is 1. The van der Waals surface area contributed by atoms with Crippen LogP contribution < -0.4 is 5.32 Å². The van der Waals surface area contributed by atoms with E-state index in [0.717, 1.165) is 0 Å². The molecule has 0 aromatic carbocycles. The molecule has 0 heterocycles. The van der Waals surface area contributed by atoms with Crippen molar-refractivity contribution in [3.8, 4) is 0 Å². The fourth-order valence-corrected chi connectivity index (χ4v) is 0.886. The molecule has 0 fully saturated rings. The molecule has 0 radical (unpaired) electrons. The Hall–Kier alpha value is -1.10. The number of aliphatic carboxylic acids is 1. The summed E-state index contributed by atoms with van der Waals surface area (Å²) in [4.78, 5) is 19.9. The van der Waals surface area contributed by atoms with Crippen LogP contribution in [-0.2, 0) is 14.3 Å². The molecule has 1 unspecified atom stereocenters. The van der Waals surface area contributed by atoms with Crippen molar-refractivity contribution in [2.24, 2.45) is 5.92 Å².